The molecule has 0 heterocycles. The third-order valence-corrected chi connectivity index (χ3v) is 9.35. The Hall–Kier alpha value is -0.264. The van der Waals surface area contributed by atoms with Crippen molar-refractivity contribution in [2.24, 2.45) is 0 Å². The predicted octanol–water partition coefficient (Wildman–Crippen LogP) is 4.12. The Morgan fingerprint density at radius 3 is 0.931 bits per heavy atom. The van der Waals surface area contributed by atoms with Gasteiger partial charge in [0.1, 0.15) is 0 Å². The molecule has 0 N–H and O–H groups in total. The van der Waals surface area contributed by atoms with Crippen LogP contribution in [0.1, 0.15) is 6.92 Å². The van der Waals surface area contributed by atoms with E-state index in [1.807, 2.05) is 0 Å². The van der Waals surface area contributed by atoms with Gasteiger partial charge in [-0.1, -0.05) is 0 Å². The molecule has 0 saturated carbocycles. The SMILES string of the molecule is CC[PH](c1ccccc1)(c1ccccc1)c1ccccc1.F[P-](F)(F)(F)(F)F.[K+]. The van der Waals surface area contributed by atoms with Crippen LogP contribution in [0, 0.1) is 0 Å². The molecule has 9 heteroatoms. The summed E-state index contributed by atoms with van der Waals surface area (Å²) in [6, 6.07) is 33.1. The van der Waals surface area contributed by atoms with E-state index in [2.05, 4.69) is 97.9 Å². The van der Waals surface area contributed by atoms with Gasteiger partial charge in [0, 0.05) is 0 Å². The smallest absolute Gasteiger partial charge is 1.00 e. The monoisotopic (exact) mass is 476 g/mol. The molecule has 154 valence electrons. The Bertz CT molecular complexity index is 778. The van der Waals surface area contributed by atoms with E-state index < -0.39 is 15.1 Å². The summed E-state index contributed by atoms with van der Waals surface area (Å²) in [7, 11) is -12.6. The second-order valence-electron chi connectivity index (χ2n) is 6.32. The standard InChI is InChI=1S/C20H21P.F6P.K/c1-2-21(18-12-6-3-7-13-18,19-14-8-4-9-15-19)20-16-10-5-11-17-20;1-7(2,3,4,5)6;/h3-17,21H,2H2,1H3;;/q;-1;+1. The Balaban J connectivity index is 0.000000456. The summed E-state index contributed by atoms with van der Waals surface area (Å²) in [6.45, 7) is 2.33. The van der Waals surface area contributed by atoms with Crippen molar-refractivity contribution < 1.29 is 76.6 Å². The van der Waals surface area contributed by atoms with Crippen molar-refractivity contribution in [3.63, 3.8) is 0 Å². The molecule has 0 aliphatic carbocycles. The first kappa shape index (κ1) is 26.8. The summed E-state index contributed by atoms with van der Waals surface area (Å²) < 4.78 is 59.2. The molecule has 0 spiro atoms. The molecular formula is C20H21F6KP2. The van der Waals surface area contributed by atoms with Crippen LogP contribution in [-0.4, -0.2) is 6.16 Å². The number of hydrogen-bond donors (Lipinski definition) is 0. The van der Waals surface area contributed by atoms with Gasteiger partial charge in [-0.2, -0.15) is 0 Å². The Labute approximate surface area is 209 Å². The molecule has 3 aromatic carbocycles. The van der Waals surface area contributed by atoms with E-state index in [9.17, 15) is 25.2 Å². The molecule has 0 atom stereocenters. The second-order valence-corrected chi connectivity index (χ2v) is 12.5. The van der Waals surface area contributed by atoms with Gasteiger partial charge in [-0.25, -0.2) is 0 Å². The summed E-state index contributed by atoms with van der Waals surface area (Å²) in [6.07, 6.45) is 1.17. The number of hydrogen-bond acceptors (Lipinski definition) is 0. The van der Waals surface area contributed by atoms with Crippen molar-refractivity contribution in [1.82, 2.24) is 0 Å². The van der Waals surface area contributed by atoms with Gasteiger partial charge in [-0.3, -0.25) is 0 Å². The van der Waals surface area contributed by atoms with E-state index in [0.29, 0.717) is 0 Å². The van der Waals surface area contributed by atoms with Gasteiger partial charge in [-0.15, -0.1) is 0 Å². The largest absolute Gasteiger partial charge is 1.00 e. The Morgan fingerprint density at radius 1 is 0.552 bits per heavy atom. The first-order valence-corrected chi connectivity index (χ1v) is 12.8. The van der Waals surface area contributed by atoms with Crippen LogP contribution in [0.4, 0.5) is 25.2 Å². The van der Waals surface area contributed by atoms with Crippen molar-refractivity contribution in [3.8, 4) is 0 Å². The summed E-state index contributed by atoms with van der Waals surface area (Å²) in [5.74, 6) is 0. The molecule has 3 rings (SSSR count). The van der Waals surface area contributed by atoms with Crippen LogP contribution in [0.15, 0.2) is 91.0 Å². The third kappa shape index (κ3) is 9.18. The van der Waals surface area contributed by atoms with Crippen LogP contribution in [0.25, 0.3) is 0 Å². The van der Waals surface area contributed by atoms with Crippen molar-refractivity contribution in [1.29, 1.82) is 0 Å². The van der Waals surface area contributed by atoms with E-state index in [-0.39, 0.29) is 51.4 Å². The van der Waals surface area contributed by atoms with E-state index in [0.717, 1.165) is 0 Å². The fraction of sp³-hybridized carbons (Fsp3) is 0.100. The third-order valence-electron chi connectivity index (χ3n) is 4.33. The molecule has 0 aromatic heterocycles. The number of benzene rings is 3. The fourth-order valence-electron chi connectivity index (χ4n) is 3.28. The van der Waals surface area contributed by atoms with Crippen molar-refractivity contribution in [3.05, 3.63) is 91.0 Å². The summed E-state index contributed by atoms with van der Waals surface area (Å²) in [4.78, 5) is 0. The Kier molecular flexibility index (Phi) is 8.75. The molecular weight excluding hydrogens is 455 g/mol. The molecule has 0 nitrogen and oxygen atoms in total. The van der Waals surface area contributed by atoms with Crippen molar-refractivity contribution in [2.75, 3.05) is 6.16 Å². The average Bonchev–Trinajstić information content (AvgIpc) is 2.63. The average molecular weight is 476 g/mol. The van der Waals surface area contributed by atoms with Gasteiger partial charge in [0.05, 0.1) is 0 Å². The fourth-order valence-corrected chi connectivity index (χ4v) is 7.79. The van der Waals surface area contributed by atoms with Crippen LogP contribution in [0.2, 0.25) is 0 Å². The van der Waals surface area contributed by atoms with Crippen molar-refractivity contribution in [2.45, 2.75) is 6.92 Å². The topological polar surface area (TPSA) is 0 Å². The Morgan fingerprint density at radius 2 is 0.759 bits per heavy atom. The maximum Gasteiger partial charge on any atom is 1.00 e. The predicted molar refractivity (Wildman–Crippen MR) is 111 cm³/mol. The van der Waals surface area contributed by atoms with Gasteiger partial charge >= 0.3 is 212 Å². The molecule has 29 heavy (non-hydrogen) atoms. The van der Waals surface area contributed by atoms with Crippen LogP contribution in [-0.2, 0) is 0 Å². The zero-order valence-electron chi connectivity index (χ0n) is 16.1. The van der Waals surface area contributed by atoms with Crippen molar-refractivity contribution >= 4 is 31.0 Å². The van der Waals surface area contributed by atoms with Gasteiger partial charge in [0.15, 0.2) is 0 Å². The number of halogens is 6. The molecule has 0 saturated heterocycles. The van der Waals surface area contributed by atoms with E-state index in [1.54, 1.807) is 0 Å². The summed E-state index contributed by atoms with van der Waals surface area (Å²) in [5, 5.41) is 4.47. The van der Waals surface area contributed by atoms with Gasteiger partial charge in [-0.05, 0) is 0 Å². The summed E-state index contributed by atoms with van der Waals surface area (Å²) in [5.41, 5.74) is 0. The minimum absolute atomic E-state index is 0. The van der Waals surface area contributed by atoms with Gasteiger partial charge in [0.25, 0.3) is 0 Å². The van der Waals surface area contributed by atoms with Crippen LogP contribution in [0.5, 0.6) is 0 Å². The zero-order chi connectivity index (χ0) is 21.0. The van der Waals surface area contributed by atoms with Crippen LogP contribution >= 0.6 is 15.1 Å². The van der Waals surface area contributed by atoms with Crippen LogP contribution < -0.4 is 67.3 Å². The van der Waals surface area contributed by atoms with E-state index >= 15 is 0 Å². The molecule has 0 amide bonds. The second kappa shape index (κ2) is 9.48. The zero-order valence-corrected chi connectivity index (χ0v) is 21.1. The molecule has 0 unspecified atom stereocenters. The maximum absolute atomic E-state index is 10.7. The first-order chi connectivity index (χ1) is 12.8. The molecule has 0 aliphatic rings. The number of rotatable bonds is 4. The molecule has 0 aliphatic heterocycles. The van der Waals surface area contributed by atoms with Gasteiger partial charge in [0.2, 0.25) is 0 Å². The minimum atomic E-state index is -10.7. The van der Waals surface area contributed by atoms with E-state index in [4.69, 9.17) is 0 Å². The molecule has 0 radical (unpaired) electrons. The molecule has 0 fully saturated rings. The normalized spacial score (nSPS) is 14.3. The maximum atomic E-state index is 9.87. The van der Waals surface area contributed by atoms with E-state index in [1.165, 1.54) is 22.1 Å². The first-order valence-electron chi connectivity index (χ1n) is 8.56. The summed E-state index contributed by atoms with van der Waals surface area (Å²) >= 11 is 0. The molecule has 0 bridgehead atoms. The van der Waals surface area contributed by atoms with Gasteiger partial charge < -0.3 is 0 Å². The van der Waals surface area contributed by atoms with Crippen LogP contribution in [0.3, 0.4) is 0 Å². The minimum Gasteiger partial charge on any atom is 1.00 e. The molecule has 3 aromatic rings. The quantitative estimate of drug-likeness (QED) is 0.302.